The third-order valence-electron chi connectivity index (χ3n) is 7.08. The molecule has 1 amide bonds. The monoisotopic (exact) mass is 440 g/mol. The third kappa shape index (κ3) is 5.07. The molecule has 2 aliphatic rings. The quantitative estimate of drug-likeness (QED) is 0.621. The highest BCUT2D eigenvalue weighted by Gasteiger charge is 2.39. The van der Waals surface area contributed by atoms with Crippen LogP contribution in [0.15, 0.2) is 48.5 Å². The van der Waals surface area contributed by atoms with Gasteiger partial charge in [-0.25, -0.2) is 0 Å². The van der Waals surface area contributed by atoms with Gasteiger partial charge in [0.05, 0.1) is 6.04 Å². The fourth-order valence-corrected chi connectivity index (χ4v) is 5.05. The zero-order valence-corrected chi connectivity index (χ0v) is 19.3. The van der Waals surface area contributed by atoms with Gasteiger partial charge in [0, 0.05) is 29.5 Å². The number of halogens is 1. The Morgan fingerprint density at radius 2 is 1.77 bits per heavy atom. The van der Waals surface area contributed by atoms with Crippen LogP contribution in [-0.2, 0) is 11.3 Å². The highest BCUT2D eigenvalue weighted by molar-refractivity contribution is 6.30. The predicted octanol–water partition coefficient (Wildman–Crippen LogP) is 5.75. The van der Waals surface area contributed by atoms with Gasteiger partial charge in [-0.15, -0.1) is 0 Å². The van der Waals surface area contributed by atoms with Gasteiger partial charge in [0.1, 0.15) is 11.4 Å². The molecule has 166 valence electrons. The van der Waals surface area contributed by atoms with Crippen LogP contribution in [0.1, 0.15) is 63.1 Å². The highest BCUT2D eigenvalue weighted by Crippen LogP contribution is 2.42. The lowest BCUT2D eigenvalue weighted by atomic mass is 9.83. The SMILES string of the molecule is CCC1(CC)C[C@@H](NC(=O)C2CCN(Cc3ccc(Cl)cc3)CC2)c2ccccc2O1. The summed E-state index contributed by atoms with van der Waals surface area (Å²) in [6.45, 7) is 7.14. The second-order valence-corrected chi connectivity index (χ2v) is 9.41. The number of benzene rings is 2. The van der Waals surface area contributed by atoms with Gasteiger partial charge in [-0.3, -0.25) is 9.69 Å². The Hall–Kier alpha value is -2.04. The second kappa shape index (κ2) is 9.62. The average molecular weight is 441 g/mol. The van der Waals surface area contributed by atoms with E-state index in [4.69, 9.17) is 16.3 Å². The van der Waals surface area contributed by atoms with Crippen LogP contribution in [0, 0.1) is 5.92 Å². The number of piperidine rings is 1. The lowest BCUT2D eigenvalue weighted by molar-refractivity contribution is -0.128. The molecule has 2 heterocycles. The van der Waals surface area contributed by atoms with Crippen molar-refractivity contribution >= 4 is 17.5 Å². The highest BCUT2D eigenvalue weighted by atomic mass is 35.5. The van der Waals surface area contributed by atoms with E-state index in [2.05, 4.69) is 42.3 Å². The number of hydrogen-bond acceptors (Lipinski definition) is 3. The fraction of sp³-hybridized carbons (Fsp3) is 0.500. The van der Waals surface area contributed by atoms with Gasteiger partial charge >= 0.3 is 0 Å². The molecule has 0 saturated carbocycles. The first-order valence-corrected chi connectivity index (χ1v) is 11.9. The topological polar surface area (TPSA) is 41.6 Å². The number of carbonyl (C=O) groups is 1. The molecule has 5 heteroatoms. The van der Waals surface area contributed by atoms with Crippen LogP contribution in [0.25, 0.3) is 0 Å². The number of fused-ring (bicyclic) bond motifs is 1. The van der Waals surface area contributed by atoms with E-state index in [1.54, 1.807) is 0 Å². The normalized spacial score (nSPS) is 21.2. The summed E-state index contributed by atoms with van der Waals surface area (Å²) in [6, 6.07) is 16.2. The third-order valence-corrected chi connectivity index (χ3v) is 7.33. The number of hydrogen-bond donors (Lipinski definition) is 1. The second-order valence-electron chi connectivity index (χ2n) is 8.97. The first kappa shape index (κ1) is 22.2. The Bertz CT molecular complexity index is 887. The Kier molecular flexibility index (Phi) is 6.88. The number of nitrogens with zero attached hydrogens (tertiary/aromatic N) is 1. The van der Waals surface area contributed by atoms with Gasteiger partial charge in [-0.2, -0.15) is 0 Å². The van der Waals surface area contributed by atoms with E-state index in [1.165, 1.54) is 5.56 Å². The zero-order chi connectivity index (χ0) is 21.8. The lowest BCUT2D eigenvalue weighted by Crippen LogP contribution is -2.47. The van der Waals surface area contributed by atoms with Gasteiger partial charge in [0.15, 0.2) is 0 Å². The van der Waals surface area contributed by atoms with E-state index in [-0.39, 0.29) is 23.5 Å². The van der Waals surface area contributed by atoms with Crippen LogP contribution >= 0.6 is 11.6 Å². The maximum Gasteiger partial charge on any atom is 0.223 e. The summed E-state index contributed by atoms with van der Waals surface area (Å²) in [5.41, 5.74) is 2.17. The summed E-state index contributed by atoms with van der Waals surface area (Å²) in [5.74, 6) is 1.18. The van der Waals surface area contributed by atoms with E-state index in [0.29, 0.717) is 0 Å². The number of nitrogens with one attached hydrogen (secondary N) is 1. The minimum absolute atomic E-state index is 0.0180. The summed E-state index contributed by atoms with van der Waals surface area (Å²) >= 11 is 5.99. The van der Waals surface area contributed by atoms with Gasteiger partial charge in [-0.1, -0.05) is 55.8 Å². The van der Waals surface area contributed by atoms with Crippen molar-refractivity contribution in [1.82, 2.24) is 10.2 Å². The van der Waals surface area contributed by atoms with Crippen molar-refractivity contribution in [3.63, 3.8) is 0 Å². The molecule has 2 aromatic carbocycles. The summed E-state index contributed by atoms with van der Waals surface area (Å²) in [6.07, 6.45) is 4.51. The molecular formula is C26H33ClN2O2. The molecule has 0 aromatic heterocycles. The van der Waals surface area contributed by atoms with E-state index in [1.807, 2.05) is 30.3 Å². The molecular weight excluding hydrogens is 408 g/mol. The van der Waals surface area contributed by atoms with Crippen molar-refractivity contribution in [1.29, 1.82) is 0 Å². The van der Waals surface area contributed by atoms with Crippen molar-refractivity contribution < 1.29 is 9.53 Å². The van der Waals surface area contributed by atoms with E-state index < -0.39 is 0 Å². The molecule has 0 spiro atoms. The van der Waals surface area contributed by atoms with E-state index in [0.717, 1.165) is 68.1 Å². The molecule has 4 rings (SSSR count). The number of carbonyl (C=O) groups excluding carboxylic acids is 1. The van der Waals surface area contributed by atoms with Crippen LogP contribution in [0.2, 0.25) is 5.02 Å². The van der Waals surface area contributed by atoms with Gasteiger partial charge in [0.25, 0.3) is 0 Å². The van der Waals surface area contributed by atoms with E-state index >= 15 is 0 Å². The minimum atomic E-state index is -0.200. The lowest BCUT2D eigenvalue weighted by Gasteiger charge is -2.42. The average Bonchev–Trinajstić information content (AvgIpc) is 2.81. The molecule has 4 nitrogen and oxygen atoms in total. The molecule has 31 heavy (non-hydrogen) atoms. The molecule has 1 N–H and O–H groups in total. The van der Waals surface area contributed by atoms with Crippen LogP contribution in [0.4, 0.5) is 0 Å². The summed E-state index contributed by atoms with van der Waals surface area (Å²) < 4.78 is 6.39. The van der Waals surface area contributed by atoms with Crippen molar-refractivity contribution in [3.05, 3.63) is 64.7 Å². The van der Waals surface area contributed by atoms with Crippen molar-refractivity contribution in [3.8, 4) is 5.75 Å². The standard InChI is InChI=1S/C26H33ClN2O2/c1-3-26(4-2)17-23(22-7-5-6-8-24(22)31-26)28-25(30)20-13-15-29(16-14-20)18-19-9-11-21(27)12-10-19/h5-12,20,23H,3-4,13-18H2,1-2H3,(H,28,30)/t23-/m1/s1. The maximum absolute atomic E-state index is 13.2. The Balaban J connectivity index is 1.36. The van der Waals surface area contributed by atoms with Crippen LogP contribution in [0.3, 0.4) is 0 Å². The largest absolute Gasteiger partial charge is 0.487 e. The minimum Gasteiger partial charge on any atom is -0.487 e. The maximum atomic E-state index is 13.2. The fourth-order valence-electron chi connectivity index (χ4n) is 4.92. The number of likely N-dealkylation sites (tertiary alicyclic amines) is 1. The molecule has 0 bridgehead atoms. The Labute approximate surface area is 190 Å². The first-order chi connectivity index (χ1) is 15.0. The number of para-hydroxylation sites is 1. The van der Waals surface area contributed by atoms with Crippen molar-refractivity contribution in [2.45, 2.75) is 64.1 Å². The molecule has 1 saturated heterocycles. The Morgan fingerprint density at radius 1 is 1.10 bits per heavy atom. The molecule has 1 atom stereocenters. The molecule has 0 aliphatic carbocycles. The van der Waals surface area contributed by atoms with Crippen LogP contribution in [0.5, 0.6) is 5.75 Å². The molecule has 1 fully saturated rings. The Morgan fingerprint density at radius 3 is 2.45 bits per heavy atom. The first-order valence-electron chi connectivity index (χ1n) is 11.6. The summed E-state index contributed by atoms with van der Waals surface area (Å²) in [4.78, 5) is 15.6. The van der Waals surface area contributed by atoms with Gasteiger partial charge in [-0.05, 0) is 62.5 Å². The van der Waals surface area contributed by atoms with Crippen LogP contribution in [-0.4, -0.2) is 29.5 Å². The van der Waals surface area contributed by atoms with Gasteiger partial charge in [0.2, 0.25) is 5.91 Å². The van der Waals surface area contributed by atoms with E-state index in [9.17, 15) is 4.79 Å². The van der Waals surface area contributed by atoms with Crippen molar-refractivity contribution in [2.24, 2.45) is 5.92 Å². The van der Waals surface area contributed by atoms with Crippen molar-refractivity contribution in [2.75, 3.05) is 13.1 Å². The van der Waals surface area contributed by atoms with Gasteiger partial charge < -0.3 is 10.1 Å². The molecule has 2 aromatic rings. The molecule has 0 unspecified atom stereocenters. The predicted molar refractivity (Wildman–Crippen MR) is 125 cm³/mol. The molecule has 2 aliphatic heterocycles. The zero-order valence-electron chi connectivity index (χ0n) is 18.6. The summed E-state index contributed by atoms with van der Waals surface area (Å²) in [7, 11) is 0. The number of rotatable bonds is 6. The number of ether oxygens (including phenoxy) is 1. The smallest absolute Gasteiger partial charge is 0.223 e. The molecule has 0 radical (unpaired) electrons. The number of amides is 1. The van der Waals surface area contributed by atoms with Crippen LogP contribution < -0.4 is 10.1 Å². The summed E-state index contributed by atoms with van der Waals surface area (Å²) in [5, 5.41) is 4.15.